The first kappa shape index (κ1) is 25.5. The van der Waals surface area contributed by atoms with Crippen molar-refractivity contribution in [3.8, 4) is 0 Å². The number of hydrogen-bond acceptors (Lipinski definition) is 10. The first-order valence-electron chi connectivity index (χ1n) is 12.0. The summed E-state index contributed by atoms with van der Waals surface area (Å²) in [5.74, 6) is 1.76. The Morgan fingerprint density at radius 2 is 1.80 bits per heavy atom. The highest BCUT2D eigenvalue weighted by Crippen LogP contribution is 2.25. The molecule has 11 heteroatoms. The third-order valence-corrected chi connectivity index (χ3v) is 6.65. The Hall–Kier alpha value is -2.60. The number of hydrogen-bond donors (Lipinski definition) is 2. The van der Waals surface area contributed by atoms with Gasteiger partial charge in [-0.2, -0.15) is 0 Å². The monoisotopic (exact) mass is 501 g/mol. The zero-order chi connectivity index (χ0) is 24.5. The van der Waals surface area contributed by atoms with Gasteiger partial charge in [-0.05, 0) is 30.5 Å². The van der Waals surface area contributed by atoms with E-state index in [0.29, 0.717) is 32.8 Å². The van der Waals surface area contributed by atoms with Gasteiger partial charge in [0.05, 0.1) is 26.4 Å². The van der Waals surface area contributed by atoms with E-state index >= 15 is 0 Å². The van der Waals surface area contributed by atoms with Crippen LogP contribution >= 0.6 is 11.8 Å². The molecule has 1 aromatic carbocycles. The molecule has 10 nitrogen and oxygen atoms in total. The first-order chi connectivity index (χ1) is 17.2. The highest BCUT2D eigenvalue weighted by Gasteiger charge is 2.22. The number of aromatic nitrogens is 2. The van der Waals surface area contributed by atoms with E-state index in [1.54, 1.807) is 7.11 Å². The lowest BCUT2D eigenvalue weighted by atomic mass is 10.2. The molecule has 2 aliphatic rings. The Morgan fingerprint density at radius 1 is 1.06 bits per heavy atom. The van der Waals surface area contributed by atoms with Gasteiger partial charge in [0.1, 0.15) is 11.6 Å². The minimum Gasteiger partial charge on any atom is -0.383 e. The van der Waals surface area contributed by atoms with Gasteiger partial charge < -0.3 is 34.8 Å². The minimum absolute atomic E-state index is 0.121. The molecule has 35 heavy (non-hydrogen) atoms. The van der Waals surface area contributed by atoms with Crippen molar-refractivity contribution >= 4 is 40.7 Å². The van der Waals surface area contributed by atoms with Crippen molar-refractivity contribution in [1.82, 2.24) is 20.2 Å². The van der Waals surface area contributed by atoms with Crippen LogP contribution in [0.4, 0.5) is 23.0 Å². The van der Waals surface area contributed by atoms with E-state index in [1.807, 2.05) is 17.2 Å². The average molecular weight is 502 g/mol. The van der Waals surface area contributed by atoms with Crippen molar-refractivity contribution in [2.45, 2.75) is 5.16 Å². The molecule has 1 aromatic heterocycles. The van der Waals surface area contributed by atoms with E-state index < -0.39 is 0 Å². The Labute approximate surface area is 211 Å². The smallest absolute Gasteiger partial charge is 0.236 e. The van der Waals surface area contributed by atoms with E-state index in [0.717, 1.165) is 61.9 Å². The van der Waals surface area contributed by atoms with Gasteiger partial charge in [-0.15, -0.1) is 0 Å². The molecule has 3 heterocycles. The maximum Gasteiger partial charge on any atom is 0.236 e. The summed E-state index contributed by atoms with van der Waals surface area (Å²) in [6, 6.07) is 10.4. The van der Waals surface area contributed by atoms with Gasteiger partial charge in [-0.3, -0.25) is 4.79 Å². The molecule has 190 valence electrons. The van der Waals surface area contributed by atoms with Crippen LogP contribution in [0, 0.1) is 0 Å². The zero-order valence-electron chi connectivity index (χ0n) is 20.5. The number of benzene rings is 1. The van der Waals surface area contributed by atoms with Gasteiger partial charge in [0, 0.05) is 70.4 Å². The van der Waals surface area contributed by atoms with Crippen molar-refractivity contribution < 1.29 is 14.3 Å². The summed E-state index contributed by atoms with van der Waals surface area (Å²) in [7, 11) is 1.65. The summed E-state index contributed by atoms with van der Waals surface area (Å²) in [6.07, 6.45) is 1.98. The lowest BCUT2D eigenvalue weighted by Crippen LogP contribution is -2.51. The first-order valence-corrected chi connectivity index (χ1v) is 13.2. The summed E-state index contributed by atoms with van der Waals surface area (Å²) >= 11 is 1.52. The number of piperazine rings is 1. The van der Waals surface area contributed by atoms with Gasteiger partial charge in [0.25, 0.3) is 0 Å². The van der Waals surface area contributed by atoms with Crippen molar-refractivity contribution in [3.05, 3.63) is 30.3 Å². The highest BCUT2D eigenvalue weighted by molar-refractivity contribution is 7.98. The van der Waals surface area contributed by atoms with E-state index in [2.05, 4.69) is 49.7 Å². The largest absolute Gasteiger partial charge is 0.383 e. The van der Waals surface area contributed by atoms with Crippen LogP contribution in [-0.4, -0.2) is 106 Å². The maximum absolute atomic E-state index is 12.4. The van der Waals surface area contributed by atoms with Gasteiger partial charge in [0.15, 0.2) is 5.16 Å². The average Bonchev–Trinajstić information content (AvgIpc) is 2.92. The number of morpholine rings is 1. The number of amides is 1. The number of ether oxygens (including phenoxy) is 2. The molecule has 2 aliphatic heterocycles. The van der Waals surface area contributed by atoms with Crippen LogP contribution in [0.25, 0.3) is 0 Å². The van der Waals surface area contributed by atoms with Crippen molar-refractivity contribution in [1.29, 1.82) is 0 Å². The second kappa shape index (κ2) is 12.9. The van der Waals surface area contributed by atoms with Gasteiger partial charge in [-0.1, -0.05) is 11.8 Å². The standard InChI is InChI=1S/C24H35N7O3S/c1-33-14-7-25-18-23(32)31-10-8-30(9-11-31)22-17-21(27-24(28-22)35-2)26-19-3-5-20(6-4-19)29-12-15-34-16-13-29/h3-6,17,25H,7-16,18H2,1-2H3,(H,26,27,28). The highest BCUT2D eigenvalue weighted by atomic mass is 32.2. The SMILES string of the molecule is COCCNCC(=O)N1CCN(c2cc(Nc3ccc(N4CCOCC4)cc3)nc(SC)n2)CC1. The quantitative estimate of drug-likeness (QED) is 0.284. The third kappa shape index (κ3) is 7.20. The summed E-state index contributed by atoms with van der Waals surface area (Å²) < 4.78 is 10.5. The molecule has 2 aromatic rings. The van der Waals surface area contributed by atoms with Crippen LogP contribution < -0.4 is 20.4 Å². The van der Waals surface area contributed by atoms with Crippen molar-refractivity contribution in [3.63, 3.8) is 0 Å². The normalized spacial score (nSPS) is 16.5. The van der Waals surface area contributed by atoms with Gasteiger partial charge in [-0.25, -0.2) is 9.97 Å². The van der Waals surface area contributed by atoms with E-state index in [1.165, 1.54) is 17.4 Å². The molecule has 0 unspecified atom stereocenters. The number of nitrogens with one attached hydrogen (secondary N) is 2. The van der Waals surface area contributed by atoms with Gasteiger partial charge in [0.2, 0.25) is 5.91 Å². The zero-order valence-corrected chi connectivity index (χ0v) is 21.4. The Morgan fingerprint density at radius 3 is 2.49 bits per heavy atom. The summed E-state index contributed by atoms with van der Waals surface area (Å²) in [6.45, 7) is 7.82. The van der Waals surface area contributed by atoms with Crippen molar-refractivity contribution in [2.75, 3.05) is 101 Å². The summed E-state index contributed by atoms with van der Waals surface area (Å²) in [4.78, 5) is 28.3. The summed E-state index contributed by atoms with van der Waals surface area (Å²) in [5, 5.41) is 7.27. The fourth-order valence-corrected chi connectivity index (χ4v) is 4.50. The van der Waals surface area contributed by atoms with Crippen molar-refractivity contribution in [2.24, 2.45) is 0 Å². The second-order valence-electron chi connectivity index (χ2n) is 8.41. The lowest BCUT2D eigenvalue weighted by molar-refractivity contribution is -0.130. The number of anilines is 4. The van der Waals surface area contributed by atoms with Crippen LogP contribution in [0.2, 0.25) is 0 Å². The predicted molar refractivity (Wildman–Crippen MR) is 140 cm³/mol. The lowest BCUT2D eigenvalue weighted by Gasteiger charge is -2.35. The molecule has 0 saturated carbocycles. The molecule has 2 fully saturated rings. The molecular weight excluding hydrogens is 466 g/mol. The molecule has 0 spiro atoms. The van der Waals surface area contributed by atoms with Gasteiger partial charge >= 0.3 is 0 Å². The number of thioether (sulfide) groups is 1. The number of nitrogens with zero attached hydrogens (tertiary/aromatic N) is 5. The number of carbonyl (C=O) groups excluding carboxylic acids is 1. The molecular formula is C24H35N7O3S. The van der Waals surface area contributed by atoms with E-state index in [9.17, 15) is 4.79 Å². The van der Waals surface area contributed by atoms with E-state index in [-0.39, 0.29) is 5.91 Å². The van der Waals surface area contributed by atoms with Crippen LogP contribution in [0.5, 0.6) is 0 Å². The Bertz CT molecular complexity index is 949. The van der Waals surface area contributed by atoms with Crippen LogP contribution in [0.1, 0.15) is 0 Å². The molecule has 0 bridgehead atoms. The molecule has 0 atom stereocenters. The molecule has 0 aliphatic carbocycles. The van der Waals surface area contributed by atoms with Crippen LogP contribution in [-0.2, 0) is 14.3 Å². The van der Waals surface area contributed by atoms with Crippen LogP contribution in [0.3, 0.4) is 0 Å². The molecule has 4 rings (SSSR count). The molecule has 0 radical (unpaired) electrons. The summed E-state index contributed by atoms with van der Waals surface area (Å²) in [5.41, 5.74) is 2.18. The fourth-order valence-electron chi connectivity index (χ4n) is 4.12. The second-order valence-corrected chi connectivity index (χ2v) is 9.18. The molecule has 2 saturated heterocycles. The number of rotatable bonds is 10. The third-order valence-electron chi connectivity index (χ3n) is 6.11. The number of carbonyl (C=O) groups is 1. The molecule has 1 amide bonds. The van der Waals surface area contributed by atoms with Crippen LogP contribution in [0.15, 0.2) is 35.5 Å². The number of methoxy groups -OCH3 is 1. The molecule has 2 N–H and O–H groups in total. The van der Waals surface area contributed by atoms with E-state index in [4.69, 9.17) is 14.5 Å². The topological polar surface area (TPSA) is 95.1 Å². The Kier molecular flexibility index (Phi) is 9.41. The maximum atomic E-state index is 12.4. The minimum atomic E-state index is 0.121. The predicted octanol–water partition coefficient (Wildman–Crippen LogP) is 1.66. The fraction of sp³-hybridized carbons (Fsp3) is 0.542. The Balaban J connectivity index is 1.35.